The van der Waals surface area contributed by atoms with Gasteiger partial charge in [-0.3, -0.25) is 4.79 Å². The van der Waals surface area contributed by atoms with Gasteiger partial charge in [0.25, 0.3) is 5.91 Å². The fourth-order valence-corrected chi connectivity index (χ4v) is 2.91. The Morgan fingerprint density at radius 1 is 1.07 bits per heavy atom. The molecule has 1 heterocycles. The van der Waals surface area contributed by atoms with Crippen LogP contribution in [0.3, 0.4) is 0 Å². The van der Waals surface area contributed by atoms with Gasteiger partial charge in [0.15, 0.2) is 12.2 Å². The van der Waals surface area contributed by atoms with Crippen molar-refractivity contribution in [1.82, 2.24) is 4.98 Å². The standard InChI is InChI=1S/C23H20N2O4/c1-15-5-3-4-6-20(15)28-14-22(26)24-17-9-7-16(8-10-17)23-25-19-13-18(27-2)11-12-21(19)29-23/h3-13H,14H2,1-2H3,(H,24,26). The number of carbonyl (C=O) groups excluding carboxylic acids is 1. The molecule has 6 nitrogen and oxygen atoms in total. The van der Waals surface area contributed by atoms with Gasteiger partial charge >= 0.3 is 0 Å². The lowest BCUT2D eigenvalue weighted by Gasteiger charge is -2.09. The number of methoxy groups -OCH3 is 1. The number of nitrogens with one attached hydrogen (secondary N) is 1. The number of ether oxygens (including phenoxy) is 2. The Hall–Kier alpha value is -3.80. The van der Waals surface area contributed by atoms with Crippen molar-refractivity contribution in [2.24, 2.45) is 0 Å². The van der Waals surface area contributed by atoms with Crippen LogP contribution in [0.25, 0.3) is 22.6 Å². The van der Waals surface area contributed by atoms with Crippen LogP contribution >= 0.6 is 0 Å². The number of benzene rings is 3. The van der Waals surface area contributed by atoms with E-state index in [-0.39, 0.29) is 12.5 Å². The highest BCUT2D eigenvalue weighted by atomic mass is 16.5. The van der Waals surface area contributed by atoms with Gasteiger partial charge in [-0.05, 0) is 55.0 Å². The molecular weight excluding hydrogens is 368 g/mol. The molecule has 0 saturated carbocycles. The number of para-hydroxylation sites is 1. The van der Waals surface area contributed by atoms with Crippen molar-refractivity contribution < 1.29 is 18.7 Å². The summed E-state index contributed by atoms with van der Waals surface area (Å²) in [5, 5.41) is 2.82. The highest BCUT2D eigenvalue weighted by Crippen LogP contribution is 2.27. The molecule has 1 amide bonds. The molecule has 0 aliphatic rings. The van der Waals surface area contributed by atoms with Crippen LogP contribution in [0.15, 0.2) is 71.1 Å². The smallest absolute Gasteiger partial charge is 0.262 e. The van der Waals surface area contributed by atoms with E-state index in [1.165, 1.54) is 0 Å². The number of aromatic nitrogens is 1. The van der Waals surface area contributed by atoms with Crippen LogP contribution in [0.5, 0.6) is 11.5 Å². The maximum Gasteiger partial charge on any atom is 0.262 e. The number of carbonyl (C=O) groups is 1. The first-order valence-electron chi connectivity index (χ1n) is 9.16. The summed E-state index contributed by atoms with van der Waals surface area (Å²) < 4.78 is 16.6. The molecule has 0 unspecified atom stereocenters. The number of anilines is 1. The van der Waals surface area contributed by atoms with Crippen molar-refractivity contribution in [3.8, 4) is 23.0 Å². The number of fused-ring (bicyclic) bond motifs is 1. The Kier molecular flexibility index (Phi) is 5.16. The van der Waals surface area contributed by atoms with Crippen LogP contribution in [0.1, 0.15) is 5.56 Å². The van der Waals surface area contributed by atoms with Gasteiger partial charge in [-0.2, -0.15) is 0 Å². The third kappa shape index (κ3) is 4.21. The Morgan fingerprint density at radius 3 is 2.62 bits per heavy atom. The molecule has 0 radical (unpaired) electrons. The first-order valence-corrected chi connectivity index (χ1v) is 9.16. The maximum atomic E-state index is 12.2. The summed E-state index contributed by atoms with van der Waals surface area (Å²) in [5.74, 6) is 1.71. The quantitative estimate of drug-likeness (QED) is 0.512. The third-order valence-corrected chi connectivity index (χ3v) is 4.46. The van der Waals surface area contributed by atoms with E-state index in [0.717, 1.165) is 22.4 Å². The molecule has 29 heavy (non-hydrogen) atoms. The van der Waals surface area contributed by atoms with Crippen molar-refractivity contribution in [1.29, 1.82) is 0 Å². The molecular formula is C23H20N2O4. The van der Waals surface area contributed by atoms with E-state index < -0.39 is 0 Å². The number of rotatable bonds is 6. The van der Waals surface area contributed by atoms with Gasteiger partial charge in [0.1, 0.15) is 17.0 Å². The summed E-state index contributed by atoms with van der Waals surface area (Å²) in [7, 11) is 1.61. The summed E-state index contributed by atoms with van der Waals surface area (Å²) in [6.45, 7) is 1.88. The van der Waals surface area contributed by atoms with Crippen molar-refractivity contribution in [3.05, 3.63) is 72.3 Å². The highest BCUT2D eigenvalue weighted by Gasteiger charge is 2.10. The van der Waals surface area contributed by atoms with Crippen LogP contribution in [0.4, 0.5) is 5.69 Å². The first kappa shape index (κ1) is 18.6. The second-order valence-corrected chi connectivity index (χ2v) is 6.53. The average Bonchev–Trinajstić information content (AvgIpc) is 3.17. The fourth-order valence-electron chi connectivity index (χ4n) is 2.91. The van der Waals surface area contributed by atoms with Crippen LogP contribution in [0, 0.1) is 6.92 Å². The largest absolute Gasteiger partial charge is 0.497 e. The molecule has 1 aromatic heterocycles. The summed E-state index contributed by atoms with van der Waals surface area (Å²) in [4.78, 5) is 16.7. The van der Waals surface area contributed by atoms with E-state index >= 15 is 0 Å². The molecule has 0 aliphatic heterocycles. The fraction of sp³-hybridized carbons (Fsp3) is 0.130. The molecule has 0 bridgehead atoms. The van der Waals surface area contributed by atoms with Crippen LogP contribution < -0.4 is 14.8 Å². The van der Waals surface area contributed by atoms with Crippen LogP contribution in [-0.2, 0) is 4.79 Å². The predicted molar refractivity (Wildman–Crippen MR) is 111 cm³/mol. The van der Waals surface area contributed by atoms with E-state index in [0.29, 0.717) is 22.9 Å². The summed E-state index contributed by atoms with van der Waals surface area (Å²) in [5.41, 5.74) is 3.89. The second kappa shape index (κ2) is 8.06. The van der Waals surface area contributed by atoms with E-state index in [2.05, 4.69) is 10.3 Å². The summed E-state index contributed by atoms with van der Waals surface area (Å²) in [6, 6.07) is 20.4. The van der Waals surface area contributed by atoms with Gasteiger partial charge in [-0.1, -0.05) is 18.2 Å². The van der Waals surface area contributed by atoms with Crippen LogP contribution in [0.2, 0.25) is 0 Å². The molecule has 0 atom stereocenters. The topological polar surface area (TPSA) is 73.6 Å². The van der Waals surface area contributed by atoms with E-state index in [1.807, 2.05) is 61.5 Å². The lowest BCUT2D eigenvalue weighted by molar-refractivity contribution is -0.118. The normalized spacial score (nSPS) is 10.7. The minimum Gasteiger partial charge on any atom is -0.497 e. The third-order valence-electron chi connectivity index (χ3n) is 4.46. The SMILES string of the molecule is COc1ccc2oc(-c3ccc(NC(=O)COc4ccccc4C)cc3)nc2c1. The minimum atomic E-state index is -0.227. The van der Waals surface area contributed by atoms with E-state index in [9.17, 15) is 4.79 Å². The Bertz CT molecular complexity index is 1150. The van der Waals surface area contributed by atoms with Crippen LogP contribution in [-0.4, -0.2) is 24.6 Å². The number of aryl methyl sites for hydroxylation is 1. The molecule has 1 N–H and O–H groups in total. The van der Waals surface area contributed by atoms with Gasteiger partial charge in [-0.25, -0.2) is 4.98 Å². The molecule has 6 heteroatoms. The first-order chi connectivity index (χ1) is 14.1. The lowest BCUT2D eigenvalue weighted by Crippen LogP contribution is -2.20. The number of hydrogen-bond donors (Lipinski definition) is 1. The van der Waals surface area contributed by atoms with Gasteiger partial charge in [0.05, 0.1) is 7.11 Å². The van der Waals surface area contributed by atoms with Gasteiger partial charge in [-0.15, -0.1) is 0 Å². The van der Waals surface area contributed by atoms with Crippen molar-refractivity contribution in [3.63, 3.8) is 0 Å². The molecule has 3 aromatic carbocycles. The Morgan fingerprint density at radius 2 is 1.86 bits per heavy atom. The monoisotopic (exact) mass is 388 g/mol. The van der Waals surface area contributed by atoms with Gasteiger partial charge in [0, 0.05) is 17.3 Å². The van der Waals surface area contributed by atoms with Gasteiger partial charge < -0.3 is 19.2 Å². The number of amides is 1. The molecule has 0 fully saturated rings. The predicted octanol–water partition coefficient (Wildman–Crippen LogP) is 4.83. The highest BCUT2D eigenvalue weighted by molar-refractivity contribution is 5.92. The number of oxazole rings is 1. The van der Waals surface area contributed by atoms with Crippen molar-refractivity contribution in [2.45, 2.75) is 6.92 Å². The summed E-state index contributed by atoms with van der Waals surface area (Å²) >= 11 is 0. The zero-order chi connectivity index (χ0) is 20.2. The molecule has 0 aliphatic carbocycles. The van der Waals surface area contributed by atoms with E-state index in [4.69, 9.17) is 13.9 Å². The zero-order valence-electron chi connectivity index (χ0n) is 16.1. The number of nitrogens with zero attached hydrogens (tertiary/aromatic N) is 1. The molecule has 4 rings (SSSR count). The Balaban J connectivity index is 1.41. The zero-order valence-corrected chi connectivity index (χ0v) is 16.1. The Labute approximate surface area is 168 Å². The van der Waals surface area contributed by atoms with E-state index in [1.54, 1.807) is 19.2 Å². The minimum absolute atomic E-state index is 0.0560. The van der Waals surface area contributed by atoms with Crippen molar-refractivity contribution in [2.75, 3.05) is 19.0 Å². The molecule has 0 saturated heterocycles. The average molecular weight is 388 g/mol. The number of hydrogen-bond acceptors (Lipinski definition) is 5. The summed E-state index contributed by atoms with van der Waals surface area (Å²) in [6.07, 6.45) is 0. The molecule has 0 spiro atoms. The molecule has 146 valence electrons. The van der Waals surface area contributed by atoms with Crippen molar-refractivity contribution >= 4 is 22.7 Å². The molecule has 4 aromatic rings. The van der Waals surface area contributed by atoms with Gasteiger partial charge in [0.2, 0.25) is 5.89 Å². The lowest BCUT2D eigenvalue weighted by atomic mass is 10.2. The maximum absolute atomic E-state index is 12.2. The second-order valence-electron chi connectivity index (χ2n) is 6.53.